The normalized spacial score (nSPS) is 19.2. The molecular weight excluding hydrogens is 350 g/mol. The molecule has 3 aromatic rings. The Balaban J connectivity index is 1.82. The number of hydrogen-bond acceptors (Lipinski definition) is 3. The average molecular weight is 375 g/mol. The van der Waals surface area contributed by atoms with Gasteiger partial charge in [0.1, 0.15) is 11.9 Å². The van der Waals surface area contributed by atoms with E-state index in [0.717, 1.165) is 29.2 Å². The van der Waals surface area contributed by atoms with Crippen LogP contribution in [0.5, 0.6) is 0 Å². The Morgan fingerprint density at radius 1 is 1.11 bits per heavy atom. The van der Waals surface area contributed by atoms with Crippen LogP contribution in [0, 0.1) is 5.92 Å². The van der Waals surface area contributed by atoms with Crippen molar-refractivity contribution >= 4 is 23.3 Å². The first-order valence-electron chi connectivity index (χ1n) is 9.74. The SMILES string of the molecule is CC(C)(C)OC(=O)n1ccc2c3c(ccc21)[C@@H](c1ccccc1)C[C@@H](C=O)C3. The van der Waals surface area contributed by atoms with Crippen molar-refractivity contribution in [2.45, 2.75) is 45.1 Å². The average Bonchev–Trinajstić information content (AvgIpc) is 3.11. The van der Waals surface area contributed by atoms with Crippen LogP contribution in [-0.2, 0) is 16.0 Å². The van der Waals surface area contributed by atoms with Crippen molar-refractivity contribution in [2.75, 3.05) is 0 Å². The van der Waals surface area contributed by atoms with Crippen molar-refractivity contribution in [3.63, 3.8) is 0 Å². The molecular formula is C24H25NO3. The summed E-state index contributed by atoms with van der Waals surface area (Å²) in [6.45, 7) is 5.58. The third-order valence-corrected chi connectivity index (χ3v) is 5.38. The maximum absolute atomic E-state index is 12.6. The van der Waals surface area contributed by atoms with Crippen molar-refractivity contribution in [1.29, 1.82) is 0 Å². The Hall–Kier alpha value is -2.88. The van der Waals surface area contributed by atoms with E-state index >= 15 is 0 Å². The summed E-state index contributed by atoms with van der Waals surface area (Å²) < 4.78 is 7.09. The van der Waals surface area contributed by atoms with E-state index in [1.807, 2.05) is 51.1 Å². The molecule has 28 heavy (non-hydrogen) atoms. The molecule has 0 unspecified atom stereocenters. The fourth-order valence-electron chi connectivity index (χ4n) is 4.20. The Morgan fingerprint density at radius 3 is 2.54 bits per heavy atom. The van der Waals surface area contributed by atoms with E-state index in [1.165, 1.54) is 11.1 Å². The monoisotopic (exact) mass is 375 g/mol. The number of hydrogen-bond donors (Lipinski definition) is 0. The summed E-state index contributed by atoms with van der Waals surface area (Å²) in [4.78, 5) is 24.3. The largest absolute Gasteiger partial charge is 0.443 e. The molecule has 0 N–H and O–H groups in total. The quantitative estimate of drug-likeness (QED) is 0.570. The molecule has 144 valence electrons. The second kappa shape index (κ2) is 6.93. The van der Waals surface area contributed by atoms with Gasteiger partial charge in [-0.25, -0.2) is 4.79 Å². The fourth-order valence-corrected chi connectivity index (χ4v) is 4.20. The zero-order valence-electron chi connectivity index (χ0n) is 16.5. The number of rotatable bonds is 2. The van der Waals surface area contributed by atoms with Crippen molar-refractivity contribution in [3.05, 3.63) is 71.4 Å². The number of aromatic nitrogens is 1. The van der Waals surface area contributed by atoms with Crippen LogP contribution in [0.4, 0.5) is 4.79 Å². The fraction of sp³-hybridized carbons (Fsp3) is 0.333. The van der Waals surface area contributed by atoms with Gasteiger partial charge in [-0.2, -0.15) is 0 Å². The van der Waals surface area contributed by atoms with Crippen molar-refractivity contribution in [1.82, 2.24) is 4.57 Å². The van der Waals surface area contributed by atoms with Crippen molar-refractivity contribution in [3.8, 4) is 0 Å². The topological polar surface area (TPSA) is 48.3 Å². The van der Waals surface area contributed by atoms with Crippen LogP contribution >= 0.6 is 0 Å². The van der Waals surface area contributed by atoms with Crippen LogP contribution in [0.2, 0.25) is 0 Å². The van der Waals surface area contributed by atoms with Gasteiger partial charge in [0, 0.05) is 23.4 Å². The van der Waals surface area contributed by atoms with E-state index in [-0.39, 0.29) is 17.9 Å². The zero-order valence-corrected chi connectivity index (χ0v) is 16.5. The van der Waals surface area contributed by atoms with Gasteiger partial charge in [0.25, 0.3) is 0 Å². The second-order valence-corrected chi connectivity index (χ2v) is 8.53. The number of carbonyl (C=O) groups excluding carboxylic acids is 2. The van der Waals surface area contributed by atoms with Crippen LogP contribution in [0.3, 0.4) is 0 Å². The van der Waals surface area contributed by atoms with Crippen molar-refractivity contribution < 1.29 is 14.3 Å². The molecule has 1 heterocycles. The number of benzene rings is 2. The Bertz CT molecular complexity index is 1030. The van der Waals surface area contributed by atoms with Gasteiger partial charge in [-0.3, -0.25) is 4.57 Å². The summed E-state index contributed by atoms with van der Waals surface area (Å²) in [6.07, 6.45) is 3.98. The molecule has 2 atom stereocenters. The minimum atomic E-state index is -0.553. The summed E-state index contributed by atoms with van der Waals surface area (Å²) in [6, 6.07) is 16.4. The number of fused-ring (bicyclic) bond motifs is 3. The molecule has 0 aliphatic heterocycles. The molecule has 0 saturated heterocycles. The smallest absolute Gasteiger partial charge is 0.418 e. The summed E-state index contributed by atoms with van der Waals surface area (Å²) in [5, 5.41) is 1.02. The van der Waals surface area contributed by atoms with Gasteiger partial charge in [0.05, 0.1) is 5.52 Å². The molecule has 1 aliphatic rings. The van der Waals surface area contributed by atoms with E-state index in [4.69, 9.17) is 4.74 Å². The molecule has 0 fully saturated rings. The van der Waals surface area contributed by atoms with E-state index in [0.29, 0.717) is 6.42 Å². The van der Waals surface area contributed by atoms with Crippen LogP contribution in [-0.4, -0.2) is 22.5 Å². The Labute approximate surface area is 165 Å². The highest BCUT2D eigenvalue weighted by Crippen LogP contribution is 2.41. The Morgan fingerprint density at radius 2 is 1.86 bits per heavy atom. The summed E-state index contributed by atoms with van der Waals surface area (Å²) in [5.41, 5.74) is 3.91. The summed E-state index contributed by atoms with van der Waals surface area (Å²) >= 11 is 0. The van der Waals surface area contributed by atoms with Crippen molar-refractivity contribution in [2.24, 2.45) is 5.92 Å². The first kappa shape index (κ1) is 18.5. The predicted molar refractivity (Wildman–Crippen MR) is 110 cm³/mol. The lowest BCUT2D eigenvalue weighted by Gasteiger charge is -2.30. The molecule has 4 rings (SSSR count). The van der Waals surface area contributed by atoms with Crippen LogP contribution < -0.4 is 0 Å². The van der Waals surface area contributed by atoms with E-state index in [9.17, 15) is 9.59 Å². The lowest BCUT2D eigenvalue weighted by Crippen LogP contribution is -2.26. The van der Waals surface area contributed by atoms with Gasteiger partial charge < -0.3 is 9.53 Å². The molecule has 0 bridgehead atoms. The van der Waals surface area contributed by atoms with Gasteiger partial charge >= 0.3 is 6.09 Å². The van der Waals surface area contributed by atoms with E-state index in [2.05, 4.69) is 18.2 Å². The van der Waals surface area contributed by atoms with Crippen LogP contribution in [0.1, 0.15) is 49.8 Å². The molecule has 0 amide bonds. The highest BCUT2D eigenvalue weighted by molar-refractivity contribution is 5.93. The zero-order chi connectivity index (χ0) is 19.9. The number of aldehydes is 1. The first-order valence-corrected chi connectivity index (χ1v) is 9.74. The standard InChI is InChI=1S/C24H25NO3/c1-24(2,3)28-23(27)25-12-11-19-21-14-16(15-26)13-20(17-7-5-4-6-8-17)18(21)9-10-22(19)25/h4-12,15-16,20H,13-14H2,1-3H3/t16-,20-/m1/s1. The number of carbonyl (C=O) groups is 2. The molecule has 0 saturated carbocycles. The maximum Gasteiger partial charge on any atom is 0.418 e. The molecule has 1 aliphatic carbocycles. The molecule has 4 nitrogen and oxygen atoms in total. The molecule has 4 heteroatoms. The van der Waals surface area contributed by atoms with Gasteiger partial charge in [-0.05, 0) is 62.4 Å². The van der Waals surface area contributed by atoms with Crippen LogP contribution in [0.25, 0.3) is 10.9 Å². The van der Waals surface area contributed by atoms with E-state index < -0.39 is 5.60 Å². The second-order valence-electron chi connectivity index (χ2n) is 8.53. The maximum atomic E-state index is 12.6. The van der Waals surface area contributed by atoms with Gasteiger partial charge in [0.2, 0.25) is 0 Å². The number of nitrogens with zero attached hydrogens (tertiary/aromatic N) is 1. The lowest BCUT2D eigenvalue weighted by molar-refractivity contribution is -0.111. The van der Waals surface area contributed by atoms with Gasteiger partial charge in [0.15, 0.2) is 0 Å². The highest BCUT2D eigenvalue weighted by Gasteiger charge is 2.30. The number of ether oxygens (including phenoxy) is 1. The molecule has 2 aromatic carbocycles. The highest BCUT2D eigenvalue weighted by atomic mass is 16.6. The molecule has 0 radical (unpaired) electrons. The summed E-state index contributed by atoms with van der Waals surface area (Å²) in [7, 11) is 0. The predicted octanol–water partition coefficient (Wildman–Crippen LogP) is 5.32. The lowest BCUT2D eigenvalue weighted by atomic mass is 9.73. The minimum absolute atomic E-state index is 0.0202. The van der Waals surface area contributed by atoms with Gasteiger partial charge in [-0.1, -0.05) is 36.4 Å². The third kappa shape index (κ3) is 3.35. The first-order chi connectivity index (χ1) is 13.4. The van der Waals surface area contributed by atoms with Crippen LogP contribution in [0.15, 0.2) is 54.7 Å². The molecule has 0 spiro atoms. The molecule has 1 aromatic heterocycles. The third-order valence-electron chi connectivity index (χ3n) is 5.38. The Kier molecular flexibility index (Phi) is 4.58. The summed E-state index contributed by atoms with van der Waals surface area (Å²) in [5.74, 6) is 0.169. The van der Waals surface area contributed by atoms with E-state index in [1.54, 1.807) is 10.8 Å². The minimum Gasteiger partial charge on any atom is -0.443 e. The van der Waals surface area contributed by atoms with Gasteiger partial charge in [-0.15, -0.1) is 0 Å².